The van der Waals surface area contributed by atoms with Gasteiger partial charge in [-0.2, -0.15) is 0 Å². The number of para-hydroxylation sites is 1. The largest absolute Gasteiger partial charge is 0.308 e. The van der Waals surface area contributed by atoms with E-state index in [4.69, 9.17) is 0 Å². The van der Waals surface area contributed by atoms with Crippen LogP contribution >= 0.6 is 0 Å². The summed E-state index contributed by atoms with van der Waals surface area (Å²) in [5.74, 6) is 0.996. The second-order valence-electron chi connectivity index (χ2n) is 5.57. The van der Waals surface area contributed by atoms with Gasteiger partial charge in [0.05, 0.1) is 6.54 Å². The van der Waals surface area contributed by atoms with Gasteiger partial charge in [0, 0.05) is 11.6 Å². The van der Waals surface area contributed by atoms with Crippen LogP contribution in [-0.4, -0.2) is 5.91 Å². The maximum atomic E-state index is 12.6. The van der Waals surface area contributed by atoms with Crippen molar-refractivity contribution in [1.29, 1.82) is 0 Å². The normalized spacial score (nSPS) is 20.4. The van der Waals surface area contributed by atoms with Crippen molar-refractivity contribution in [2.24, 2.45) is 11.8 Å². The predicted molar refractivity (Wildman–Crippen MR) is 81.3 cm³/mol. The fourth-order valence-corrected chi connectivity index (χ4v) is 2.54. The van der Waals surface area contributed by atoms with E-state index in [1.54, 1.807) is 0 Å². The summed E-state index contributed by atoms with van der Waals surface area (Å²) >= 11 is 0. The minimum atomic E-state index is 0.207. The minimum absolute atomic E-state index is 0.207. The lowest BCUT2D eigenvalue weighted by molar-refractivity contribution is -0.120. The van der Waals surface area contributed by atoms with Gasteiger partial charge in [0.15, 0.2) is 0 Å². The summed E-state index contributed by atoms with van der Waals surface area (Å²) < 4.78 is 0. The Morgan fingerprint density at radius 1 is 1.05 bits per heavy atom. The van der Waals surface area contributed by atoms with Crippen LogP contribution in [0.3, 0.4) is 0 Å². The summed E-state index contributed by atoms with van der Waals surface area (Å²) in [4.78, 5) is 14.6. The Balaban J connectivity index is 1.86. The highest BCUT2D eigenvalue weighted by Crippen LogP contribution is 2.40. The number of hydrogen-bond acceptors (Lipinski definition) is 1. The van der Waals surface area contributed by atoms with E-state index in [1.807, 2.05) is 53.4 Å². The smallest absolute Gasteiger partial charge is 0.230 e. The van der Waals surface area contributed by atoms with Gasteiger partial charge in [-0.15, -0.1) is 0 Å². The molecule has 0 saturated heterocycles. The van der Waals surface area contributed by atoms with Crippen molar-refractivity contribution in [3.63, 3.8) is 0 Å². The van der Waals surface area contributed by atoms with Crippen molar-refractivity contribution in [3.05, 3.63) is 66.2 Å². The molecule has 1 aliphatic carbocycles. The second kappa shape index (κ2) is 5.49. The molecule has 0 heterocycles. The lowest BCUT2D eigenvalue weighted by Crippen LogP contribution is -2.32. The maximum Gasteiger partial charge on any atom is 0.230 e. The molecule has 2 aromatic rings. The Labute approximate surface area is 120 Å². The first-order valence-corrected chi connectivity index (χ1v) is 7.16. The third-order valence-electron chi connectivity index (χ3n) is 3.94. The Bertz CT molecular complexity index is 579. The molecule has 1 saturated carbocycles. The molecule has 20 heavy (non-hydrogen) atoms. The molecule has 2 nitrogen and oxygen atoms in total. The standard InChI is InChI=1S/C18H19NO/c1-14-12-17(14)18(20)19(16-10-6-3-7-11-16)13-15-8-4-2-5-9-15/h2-11,14,17H,12-13H2,1H3. The van der Waals surface area contributed by atoms with E-state index in [0.717, 1.165) is 17.7 Å². The van der Waals surface area contributed by atoms with Crippen molar-refractivity contribution in [3.8, 4) is 0 Å². The van der Waals surface area contributed by atoms with Gasteiger partial charge in [-0.25, -0.2) is 0 Å². The molecule has 1 fully saturated rings. The average Bonchev–Trinajstić information content (AvgIpc) is 3.23. The molecule has 0 aromatic heterocycles. The third kappa shape index (κ3) is 2.74. The van der Waals surface area contributed by atoms with Crippen LogP contribution in [0.15, 0.2) is 60.7 Å². The quantitative estimate of drug-likeness (QED) is 0.821. The van der Waals surface area contributed by atoms with Gasteiger partial charge in [0.25, 0.3) is 0 Å². The number of carbonyl (C=O) groups excluding carboxylic acids is 1. The highest BCUT2D eigenvalue weighted by Gasteiger charge is 2.41. The summed E-state index contributed by atoms with van der Waals surface area (Å²) in [6.45, 7) is 2.79. The number of amides is 1. The van der Waals surface area contributed by atoms with Crippen LogP contribution < -0.4 is 4.90 Å². The van der Waals surface area contributed by atoms with Crippen molar-refractivity contribution in [2.45, 2.75) is 19.9 Å². The molecule has 2 heteroatoms. The monoisotopic (exact) mass is 265 g/mol. The lowest BCUT2D eigenvalue weighted by Gasteiger charge is -2.23. The van der Waals surface area contributed by atoms with Crippen LogP contribution in [0.1, 0.15) is 18.9 Å². The van der Waals surface area contributed by atoms with Crippen LogP contribution in [0.4, 0.5) is 5.69 Å². The first-order valence-electron chi connectivity index (χ1n) is 7.16. The van der Waals surface area contributed by atoms with Crippen molar-refractivity contribution < 1.29 is 4.79 Å². The lowest BCUT2D eigenvalue weighted by atomic mass is 10.1. The highest BCUT2D eigenvalue weighted by atomic mass is 16.2. The zero-order valence-corrected chi connectivity index (χ0v) is 11.7. The minimum Gasteiger partial charge on any atom is -0.308 e. The zero-order valence-electron chi connectivity index (χ0n) is 11.7. The molecule has 3 rings (SSSR count). The summed E-state index contributed by atoms with van der Waals surface area (Å²) in [6.07, 6.45) is 1.02. The van der Waals surface area contributed by atoms with E-state index >= 15 is 0 Å². The number of hydrogen-bond donors (Lipinski definition) is 0. The molecular weight excluding hydrogens is 246 g/mol. The van der Waals surface area contributed by atoms with Crippen LogP contribution in [-0.2, 0) is 11.3 Å². The van der Waals surface area contributed by atoms with Crippen LogP contribution in [0.5, 0.6) is 0 Å². The Kier molecular flexibility index (Phi) is 3.55. The fraction of sp³-hybridized carbons (Fsp3) is 0.278. The Hall–Kier alpha value is -2.09. The van der Waals surface area contributed by atoms with E-state index in [0.29, 0.717) is 12.5 Å². The molecule has 0 bridgehead atoms. The van der Waals surface area contributed by atoms with Crippen molar-refractivity contribution in [2.75, 3.05) is 4.90 Å². The first-order chi connectivity index (χ1) is 9.75. The maximum absolute atomic E-state index is 12.6. The molecule has 0 N–H and O–H groups in total. The summed E-state index contributed by atoms with van der Waals surface area (Å²) in [5, 5.41) is 0. The predicted octanol–water partition coefficient (Wildman–Crippen LogP) is 3.88. The average molecular weight is 265 g/mol. The van der Waals surface area contributed by atoms with E-state index in [2.05, 4.69) is 19.1 Å². The zero-order chi connectivity index (χ0) is 13.9. The number of benzene rings is 2. The van der Waals surface area contributed by atoms with Crippen LogP contribution in [0.25, 0.3) is 0 Å². The molecule has 2 unspecified atom stereocenters. The van der Waals surface area contributed by atoms with E-state index in [1.165, 1.54) is 0 Å². The van der Waals surface area contributed by atoms with E-state index in [-0.39, 0.29) is 11.8 Å². The van der Waals surface area contributed by atoms with Gasteiger partial charge in [0.2, 0.25) is 5.91 Å². The Morgan fingerprint density at radius 2 is 1.60 bits per heavy atom. The number of rotatable bonds is 4. The van der Waals surface area contributed by atoms with Gasteiger partial charge in [0.1, 0.15) is 0 Å². The van der Waals surface area contributed by atoms with Gasteiger partial charge >= 0.3 is 0 Å². The van der Waals surface area contributed by atoms with Crippen LogP contribution in [0, 0.1) is 11.8 Å². The molecule has 0 radical (unpaired) electrons. The third-order valence-corrected chi connectivity index (χ3v) is 3.94. The molecule has 0 aliphatic heterocycles. The van der Waals surface area contributed by atoms with Gasteiger partial charge in [-0.1, -0.05) is 55.5 Å². The number of carbonyl (C=O) groups is 1. The van der Waals surface area contributed by atoms with Crippen LogP contribution in [0.2, 0.25) is 0 Å². The Morgan fingerprint density at radius 3 is 2.15 bits per heavy atom. The molecule has 1 aliphatic rings. The van der Waals surface area contributed by atoms with E-state index in [9.17, 15) is 4.79 Å². The van der Waals surface area contributed by atoms with Gasteiger partial charge in [-0.05, 0) is 30.0 Å². The highest BCUT2D eigenvalue weighted by molar-refractivity contribution is 5.96. The van der Waals surface area contributed by atoms with E-state index < -0.39 is 0 Å². The number of nitrogens with zero attached hydrogens (tertiary/aromatic N) is 1. The molecule has 2 atom stereocenters. The van der Waals surface area contributed by atoms with Gasteiger partial charge in [-0.3, -0.25) is 4.79 Å². The summed E-state index contributed by atoms with van der Waals surface area (Å²) in [6, 6.07) is 20.1. The summed E-state index contributed by atoms with van der Waals surface area (Å²) in [5.41, 5.74) is 2.15. The van der Waals surface area contributed by atoms with Gasteiger partial charge < -0.3 is 4.90 Å². The number of anilines is 1. The molecule has 1 amide bonds. The first kappa shape index (κ1) is 12.9. The molecule has 2 aromatic carbocycles. The van der Waals surface area contributed by atoms with Crippen molar-refractivity contribution in [1.82, 2.24) is 0 Å². The topological polar surface area (TPSA) is 20.3 Å². The molecular formula is C18H19NO. The fourth-order valence-electron chi connectivity index (χ4n) is 2.54. The summed E-state index contributed by atoms with van der Waals surface area (Å²) in [7, 11) is 0. The SMILES string of the molecule is CC1CC1C(=O)N(Cc1ccccc1)c1ccccc1. The molecule has 0 spiro atoms. The second-order valence-corrected chi connectivity index (χ2v) is 5.57. The van der Waals surface area contributed by atoms with Crippen molar-refractivity contribution >= 4 is 11.6 Å². The molecule has 102 valence electrons.